The Hall–Kier alpha value is 0.220. The minimum absolute atomic E-state index is 0.618. The fourth-order valence-electron chi connectivity index (χ4n) is 0.767. The molecule has 0 fully saturated rings. The third kappa shape index (κ3) is 2.42. The van der Waals surface area contributed by atoms with Crippen LogP contribution in [0.25, 0.3) is 0 Å². The zero-order chi connectivity index (χ0) is 11.6. The highest BCUT2D eigenvalue weighted by Crippen LogP contribution is 2.70. The molecule has 0 aliphatic carbocycles. The maximum atomic E-state index is 11.2. The quantitative estimate of drug-likeness (QED) is 0.326. The summed E-state index contributed by atoms with van der Waals surface area (Å²) >= 11 is 0. The normalized spacial score (nSPS) is 21.3. The largest absolute Gasteiger partial charge is 0.388 e. The molecular formula is C4H13NO7P2. The molecule has 10 heteroatoms. The van der Waals surface area contributed by atoms with E-state index in [1.807, 2.05) is 0 Å². The van der Waals surface area contributed by atoms with Crippen molar-refractivity contribution in [2.24, 2.45) is 0 Å². The van der Waals surface area contributed by atoms with E-state index < -0.39 is 26.7 Å². The molecular weight excluding hydrogens is 236 g/mol. The first kappa shape index (κ1) is 14.2. The van der Waals surface area contributed by atoms with Gasteiger partial charge in [-0.15, -0.1) is 0 Å². The molecule has 0 aromatic heterocycles. The number of hydrogen-bond acceptors (Lipinski definition) is 5. The summed E-state index contributed by atoms with van der Waals surface area (Å²) in [4.78, 5) is 26.5. The molecule has 0 heterocycles. The highest BCUT2D eigenvalue weighted by molar-refractivity contribution is 7.72. The molecule has 0 radical (unpaired) electrons. The number of nitrogens with one attached hydrogen (secondary N) is 1. The molecule has 5 N–H and O–H groups in total. The van der Waals surface area contributed by atoms with Crippen LogP contribution in [0.15, 0.2) is 0 Å². The SMILES string of the molecule is CCC(O)(P(=O)(O)O)P(=O)(O)ONC. The van der Waals surface area contributed by atoms with Gasteiger partial charge in [-0.25, -0.2) is 4.62 Å². The van der Waals surface area contributed by atoms with Gasteiger partial charge in [0.2, 0.25) is 0 Å². The lowest BCUT2D eigenvalue weighted by atomic mass is 10.5. The molecule has 0 amide bonds. The second-order valence-corrected chi connectivity index (χ2v) is 6.63. The Morgan fingerprint density at radius 2 is 1.79 bits per heavy atom. The number of hydrogen-bond donors (Lipinski definition) is 5. The van der Waals surface area contributed by atoms with E-state index in [-0.39, 0.29) is 0 Å². The lowest BCUT2D eigenvalue weighted by Gasteiger charge is -2.30. The molecule has 0 saturated heterocycles. The summed E-state index contributed by atoms with van der Waals surface area (Å²) in [6, 6.07) is 0. The molecule has 0 spiro atoms. The average molecular weight is 249 g/mol. The van der Waals surface area contributed by atoms with E-state index in [1.165, 1.54) is 0 Å². The van der Waals surface area contributed by atoms with Crippen molar-refractivity contribution in [1.82, 2.24) is 5.48 Å². The Bertz CT molecular complexity index is 287. The molecule has 0 aromatic carbocycles. The van der Waals surface area contributed by atoms with Crippen LogP contribution in [0, 0.1) is 0 Å². The summed E-state index contributed by atoms with van der Waals surface area (Å²) < 4.78 is 26.1. The van der Waals surface area contributed by atoms with Gasteiger partial charge in [-0.1, -0.05) is 6.92 Å². The highest BCUT2D eigenvalue weighted by Gasteiger charge is 2.59. The van der Waals surface area contributed by atoms with Crippen LogP contribution in [0.3, 0.4) is 0 Å². The predicted molar refractivity (Wildman–Crippen MR) is 47.3 cm³/mol. The molecule has 0 aromatic rings. The van der Waals surface area contributed by atoms with Crippen LogP contribution in [-0.4, -0.2) is 31.9 Å². The van der Waals surface area contributed by atoms with Gasteiger partial charge in [-0.3, -0.25) is 9.13 Å². The van der Waals surface area contributed by atoms with Crippen LogP contribution in [0.2, 0.25) is 0 Å². The number of aliphatic hydroxyl groups is 1. The van der Waals surface area contributed by atoms with Gasteiger partial charge in [0.1, 0.15) is 0 Å². The summed E-state index contributed by atoms with van der Waals surface area (Å²) in [7, 11) is -8.89. The zero-order valence-corrected chi connectivity index (χ0v) is 9.40. The van der Waals surface area contributed by atoms with Crippen LogP contribution in [0.1, 0.15) is 13.3 Å². The molecule has 0 bridgehead atoms. The predicted octanol–water partition coefficient (Wildman–Crippen LogP) is -0.443. The van der Waals surface area contributed by atoms with Crippen LogP contribution in [0.5, 0.6) is 0 Å². The van der Waals surface area contributed by atoms with Gasteiger partial charge in [0.15, 0.2) is 0 Å². The van der Waals surface area contributed by atoms with Crippen molar-refractivity contribution in [3.8, 4) is 0 Å². The maximum Gasteiger partial charge on any atom is 0.388 e. The molecule has 0 rings (SSSR count). The second kappa shape index (κ2) is 4.38. The zero-order valence-electron chi connectivity index (χ0n) is 7.62. The number of hydroxylamine groups is 1. The Balaban J connectivity index is 5.26. The lowest BCUT2D eigenvalue weighted by Crippen LogP contribution is -2.30. The Labute approximate surface area is 80.6 Å². The van der Waals surface area contributed by atoms with E-state index in [1.54, 1.807) is 5.48 Å². The van der Waals surface area contributed by atoms with Crippen molar-refractivity contribution in [3.05, 3.63) is 0 Å². The molecule has 86 valence electrons. The smallest absolute Gasteiger partial charge is 0.367 e. The topological polar surface area (TPSA) is 136 Å². The van der Waals surface area contributed by atoms with E-state index in [0.717, 1.165) is 14.0 Å². The third-order valence-corrected chi connectivity index (χ3v) is 6.05. The standard InChI is InChI=1S/C4H13NO7P2/c1-3-4(6,13(7,8)9)14(10,11)12-5-2/h5-6H,3H2,1-2H3,(H,10,11)(H2,7,8,9). The van der Waals surface area contributed by atoms with Crippen LogP contribution >= 0.6 is 15.2 Å². The molecule has 2 atom stereocenters. The average Bonchev–Trinajstić information content (AvgIpc) is 2.00. The van der Waals surface area contributed by atoms with Gasteiger partial charge in [-0.05, 0) is 6.42 Å². The monoisotopic (exact) mass is 249 g/mol. The van der Waals surface area contributed by atoms with Crippen LogP contribution in [0.4, 0.5) is 0 Å². The summed E-state index contributed by atoms with van der Waals surface area (Å²) in [5.74, 6) is 0. The van der Waals surface area contributed by atoms with E-state index in [0.29, 0.717) is 0 Å². The van der Waals surface area contributed by atoms with E-state index in [2.05, 4.69) is 4.62 Å². The molecule has 2 unspecified atom stereocenters. The van der Waals surface area contributed by atoms with Crippen molar-refractivity contribution in [2.45, 2.75) is 18.4 Å². The fraction of sp³-hybridized carbons (Fsp3) is 1.00. The summed E-state index contributed by atoms with van der Waals surface area (Å²) in [5.41, 5.74) is 1.80. The minimum Gasteiger partial charge on any atom is -0.367 e. The molecule has 0 aliphatic heterocycles. The van der Waals surface area contributed by atoms with Crippen molar-refractivity contribution < 1.29 is 33.5 Å². The lowest BCUT2D eigenvalue weighted by molar-refractivity contribution is 0.0932. The molecule has 8 nitrogen and oxygen atoms in total. The Morgan fingerprint density at radius 3 is 2.00 bits per heavy atom. The van der Waals surface area contributed by atoms with Gasteiger partial charge in [0, 0.05) is 7.05 Å². The third-order valence-electron chi connectivity index (χ3n) is 1.61. The maximum absolute atomic E-state index is 11.2. The molecule has 0 aliphatic rings. The van der Waals surface area contributed by atoms with Gasteiger partial charge in [0.25, 0.3) is 5.08 Å². The van der Waals surface area contributed by atoms with Crippen molar-refractivity contribution in [3.63, 3.8) is 0 Å². The van der Waals surface area contributed by atoms with E-state index >= 15 is 0 Å². The summed E-state index contributed by atoms with van der Waals surface area (Å²) in [6.07, 6.45) is -0.618. The first-order valence-corrected chi connectivity index (χ1v) is 6.77. The summed E-state index contributed by atoms with van der Waals surface area (Å²) in [5, 5.41) is 6.29. The van der Waals surface area contributed by atoms with Crippen LogP contribution in [-0.2, 0) is 13.8 Å². The first-order chi connectivity index (χ1) is 6.12. The first-order valence-electron chi connectivity index (χ1n) is 3.58. The van der Waals surface area contributed by atoms with Crippen LogP contribution < -0.4 is 5.48 Å². The second-order valence-electron chi connectivity index (χ2n) is 2.49. The van der Waals surface area contributed by atoms with Crippen molar-refractivity contribution in [1.29, 1.82) is 0 Å². The Morgan fingerprint density at radius 1 is 1.36 bits per heavy atom. The summed E-state index contributed by atoms with van der Waals surface area (Å²) in [6.45, 7) is 1.15. The highest BCUT2D eigenvalue weighted by atomic mass is 31.2. The van der Waals surface area contributed by atoms with Gasteiger partial charge in [-0.2, -0.15) is 5.48 Å². The Kier molecular flexibility index (Phi) is 4.45. The van der Waals surface area contributed by atoms with E-state index in [9.17, 15) is 14.2 Å². The fourth-order valence-corrected chi connectivity index (χ4v) is 3.41. The molecule has 14 heavy (non-hydrogen) atoms. The molecule has 0 saturated carbocycles. The van der Waals surface area contributed by atoms with Crippen molar-refractivity contribution in [2.75, 3.05) is 7.05 Å². The van der Waals surface area contributed by atoms with Crippen molar-refractivity contribution >= 4 is 15.2 Å². The minimum atomic E-state index is -5.16. The van der Waals surface area contributed by atoms with Gasteiger partial charge >= 0.3 is 15.2 Å². The van der Waals surface area contributed by atoms with E-state index in [4.69, 9.17) is 14.7 Å². The van der Waals surface area contributed by atoms with Gasteiger partial charge in [0.05, 0.1) is 0 Å². The van der Waals surface area contributed by atoms with Gasteiger partial charge < -0.3 is 19.8 Å². The number of rotatable bonds is 5.